The van der Waals surface area contributed by atoms with Crippen molar-refractivity contribution < 1.29 is 9.50 Å². The first-order valence-corrected chi connectivity index (χ1v) is 4.46. The van der Waals surface area contributed by atoms with Gasteiger partial charge in [0.05, 0.1) is 0 Å². The molecule has 0 fully saturated rings. The molecule has 1 aromatic heterocycles. The first kappa shape index (κ1) is 10.7. The summed E-state index contributed by atoms with van der Waals surface area (Å²) in [6.07, 6.45) is 2.76. The topological polar surface area (TPSA) is 33.1 Å². The van der Waals surface area contributed by atoms with Gasteiger partial charge in [-0.1, -0.05) is 5.92 Å². The van der Waals surface area contributed by atoms with Crippen LogP contribution in [-0.2, 0) is 0 Å². The third-order valence-electron chi connectivity index (χ3n) is 1.64. The van der Waals surface area contributed by atoms with Crippen LogP contribution in [0, 0.1) is 24.6 Å². The normalized spacial score (nSPS) is 9.36. The van der Waals surface area contributed by atoms with Gasteiger partial charge in [0.25, 0.3) is 0 Å². The maximum absolute atomic E-state index is 13.1. The van der Waals surface area contributed by atoms with Gasteiger partial charge in [-0.25, -0.2) is 9.37 Å². The lowest BCUT2D eigenvalue weighted by molar-refractivity contribution is 0.290. The summed E-state index contributed by atoms with van der Waals surface area (Å²) in [7, 11) is 0. The summed E-state index contributed by atoms with van der Waals surface area (Å²) < 4.78 is 13.1. The average molecular weight is 193 g/mol. The number of unbranched alkanes of at least 4 members (excludes halogenated alkanes) is 1. The summed E-state index contributed by atoms with van der Waals surface area (Å²) in [5.74, 6) is 4.99. The number of hydrogen-bond donors (Lipinski definition) is 1. The summed E-state index contributed by atoms with van der Waals surface area (Å²) in [5, 5.41) is 8.50. The van der Waals surface area contributed by atoms with Crippen LogP contribution < -0.4 is 0 Å². The zero-order valence-electron chi connectivity index (χ0n) is 8.05. The van der Waals surface area contributed by atoms with Gasteiger partial charge in [0.1, 0.15) is 5.69 Å². The molecule has 0 aliphatic carbocycles. The second-order valence-corrected chi connectivity index (χ2v) is 2.97. The molecular weight excluding hydrogens is 181 g/mol. The number of aliphatic hydroxyl groups excluding tert-OH is 1. The summed E-state index contributed by atoms with van der Waals surface area (Å²) in [4.78, 5) is 3.86. The Balaban J connectivity index is 2.70. The van der Waals surface area contributed by atoms with Crippen LogP contribution in [0.3, 0.4) is 0 Å². The van der Waals surface area contributed by atoms with Gasteiger partial charge in [-0.05, 0) is 30.9 Å². The third-order valence-corrected chi connectivity index (χ3v) is 1.64. The molecule has 74 valence electrons. The van der Waals surface area contributed by atoms with Gasteiger partial charge in [0.2, 0.25) is 0 Å². The fraction of sp³-hybridized carbons (Fsp3) is 0.364. The summed E-state index contributed by atoms with van der Waals surface area (Å²) >= 11 is 0. The Kier molecular flexibility index (Phi) is 4.09. The van der Waals surface area contributed by atoms with E-state index < -0.39 is 0 Å². The molecule has 0 saturated heterocycles. The molecule has 2 nitrogen and oxygen atoms in total. The van der Waals surface area contributed by atoms with Crippen LogP contribution in [0.25, 0.3) is 0 Å². The molecule has 0 spiro atoms. The number of halogens is 1. The van der Waals surface area contributed by atoms with Gasteiger partial charge in [-0.3, -0.25) is 0 Å². The van der Waals surface area contributed by atoms with E-state index in [1.165, 1.54) is 6.07 Å². The fourth-order valence-corrected chi connectivity index (χ4v) is 0.939. The number of hydrogen-bond acceptors (Lipinski definition) is 2. The van der Waals surface area contributed by atoms with Crippen LogP contribution in [0.15, 0.2) is 12.3 Å². The Hall–Kier alpha value is -1.40. The van der Waals surface area contributed by atoms with Crippen LogP contribution in [-0.4, -0.2) is 16.7 Å². The number of aromatic nitrogens is 1. The van der Waals surface area contributed by atoms with E-state index in [-0.39, 0.29) is 18.1 Å². The number of aliphatic hydroxyl groups is 1. The fourth-order valence-electron chi connectivity index (χ4n) is 0.939. The molecule has 0 saturated carbocycles. The van der Waals surface area contributed by atoms with Gasteiger partial charge < -0.3 is 5.11 Å². The summed E-state index contributed by atoms with van der Waals surface area (Å²) in [6.45, 7) is 1.89. The largest absolute Gasteiger partial charge is 0.396 e. The van der Waals surface area contributed by atoms with Crippen LogP contribution in [0.2, 0.25) is 0 Å². The lowest BCUT2D eigenvalue weighted by Gasteiger charge is -1.94. The predicted molar refractivity (Wildman–Crippen MR) is 52.1 cm³/mol. The van der Waals surface area contributed by atoms with Crippen molar-refractivity contribution in [2.75, 3.05) is 6.61 Å². The molecule has 0 aliphatic rings. The zero-order valence-corrected chi connectivity index (χ0v) is 8.05. The number of rotatable bonds is 2. The maximum Gasteiger partial charge on any atom is 0.157 e. The highest BCUT2D eigenvalue weighted by atomic mass is 19.1. The molecule has 0 amide bonds. The molecule has 1 heterocycles. The van der Waals surface area contributed by atoms with Gasteiger partial charge in [0.15, 0.2) is 5.82 Å². The van der Waals surface area contributed by atoms with Gasteiger partial charge in [0, 0.05) is 19.2 Å². The molecule has 0 unspecified atom stereocenters. The molecule has 0 aliphatic heterocycles. The highest BCUT2D eigenvalue weighted by Crippen LogP contribution is 2.04. The van der Waals surface area contributed by atoms with E-state index in [1.54, 1.807) is 13.1 Å². The van der Waals surface area contributed by atoms with Gasteiger partial charge in [-0.15, -0.1) is 0 Å². The van der Waals surface area contributed by atoms with E-state index in [9.17, 15) is 4.39 Å². The van der Waals surface area contributed by atoms with E-state index in [0.29, 0.717) is 12.8 Å². The van der Waals surface area contributed by atoms with Crippen molar-refractivity contribution in [3.05, 3.63) is 29.3 Å². The van der Waals surface area contributed by atoms with Crippen molar-refractivity contribution >= 4 is 0 Å². The van der Waals surface area contributed by atoms with Crippen LogP contribution in [0.4, 0.5) is 4.39 Å². The standard InChI is InChI=1S/C11H12FNO/c1-9-7-10(12)11(13-8-9)5-3-2-4-6-14/h7-8,14H,2,4,6H2,1H3. The molecule has 0 radical (unpaired) electrons. The molecule has 0 atom stereocenters. The first-order valence-electron chi connectivity index (χ1n) is 4.46. The minimum Gasteiger partial charge on any atom is -0.396 e. The number of pyridine rings is 1. The zero-order chi connectivity index (χ0) is 10.4. The van der Waals surface area contributed by atoms with E-state index in [1.807, 2.05) is 0 Å². The van der Waals surface area contributed by atoms with Gasteiger partial charge >= 0.3 is 0 Å². The van der Waals surface area contributed by atoms with Crippen LogP contribution in [0.1, 0.15) is 24.1 Å². The van der Waals surface area contributed by atoms with Crippen molar-refractivity contribution in [1.29, 1.82) is 0 Å². The van der Waals surface area contributed by atoms with Crippen molar-refractivity contribution in [3.63, 3.8) is 0 Å². The molecule has 1 N–H and O–H groups in total. The average Bonchev–Trinajstić information content (AvgIpc) is 2.15. The van der Waals surface area contributed by atoms with Gasteiger partial charge in [-0.2, -0.15) is 0 Å². The van der Waals surface area contributed by atoms with E-state index >= 15 is 0 Å². The molecule has 1 aromatic rings. The van der Waals surface area contributed by atoms with E-state index in [4.69, 9.17) is 5.11 Å². The maximum atomic E-state index is 13.1. The Bertz CT molecular complexity index is 365. The van der Waals surface area contributed by atoms with Crippen molar-refractivity contribution in [2.24, 2.45) is 0 Å². The first-order chi connectivity index (χ1) is 6.74. The van der Waals surface area contributed by atoms with Crippen LogP contribution in [0.5, 0.6) is 0 Å². The molecular formula is C11H12FNO. The molecule has 1 rings (SSSR count). The summed E-state index contributed by atoms with van der Waals surface area (Å²) in [5.41, 5.74) is 0.956. The van der Waals surface area contributed by atoms with E-state index in [2.05, 4.69) is 16.8 Å². The minimum atomic E-state index is -0.388. The second-order valence-electron chi connectivity index (χ2n) is 2.97. The Morgan fingerprint density at radius 3 is 3.00 bits per heavy atom. The molecule has 3 heteroatoms. The second kappa shape index (κ2) is 5.36. The number of aryl methyl sites for hydroxylation is 1. The highest BCUT2D eigenvalue weighted by Gasteiger charge is 1.98. The molecule has 0 aromatic carbocycles. The Morgan fingerprint density at radius 1 is 1.57 bits per heavy atom. The lowest BCUT2D eigenvalue weighted by atomic mass is 10.2. The van der Waals surface area contributed by atoms with Crippen molar-refractivity contribution in [3.8, 4) is 11.8 Å². The predicted octanol–water partition coefficient (Wildman–Crippen LogP) is 1.65. The van der Waals surface area contributed by atoms with E-state index in [0.717, 1.165) is 5.56 Å². The monoisotopic (exact) mass is 193 g/mol. The minimum absolute atomic E-state index is 0.110. The summed E-state index contributed by atoms with van der Waals surface area (Å²) in [6, 6.07) is 1.41. The third kappa shape index (κ3) is 3.15. The Labute approximate surface area is 82.8 Å². The van der Waals surface area contributed by atoms with Crippen LogP contribution >= 0.6 is 0 Å². The number of nitrogens with zero attached hydrogens (tertiary/aromatic N) is 1. The smallest absolute Gasteiger partial charge is 0.157 e. The SMILES string of the molecule is Cc1cnc(C#CCCCO)c(F)c1. The quantitative estimate of drug-likeness (QED) is 0.572. The van der Waals surface area contributed by atoms with Crippen molar-refractivity contribution in [1.82, 2.24) is 4.98 Å². The molecule has 0 bridgehead atoms. The lowest BCUT2D eigenvalue weighted by Crippen LogP contribution is -1.90. The Morgan fingerprint density at radius 2 is 2.36 bits per heavy atom. The highest BCUT2D eigenvalue weighted by molar-refractivity contribution is 5.30. The van der Waals surface area contributed by atoms with Crippen molar-refractivity contribution in [2.45, 2.75) is 19.8 Å². The molecule has 14 heavy (non-hydrogen) atoms.